The molecule has 90 valence electrons. The standard InChI is InChI=1S/C13H16BrN3/c1-10(15)5-13-8-17(9-16-13)7-11-3-2-4-12(14)6-11/h2-4,6,8-10H,5,7,15H2,1H3. The van der Waals surface area contributed by atoms with E-state index in [0.717, 1.165) is 23.1 Å². The maximum atomic E-state index is 5.75. The molecule has 1 aromatic carbocycles. The molecule has 0 spiro atoms. The highest BCUT2D eigenvalue weighted by Crippen LogP contribution is 2.13. The van der Waals surface area contributed by atoms with Crippen molar-refractivity contribution in [1.29, 1.82) is 0 Å². The number of rotatable bonds is 4. The first kappa shape index (κ1) is 12.3. The highest BCUT2D eigenvalue weighted by Gasteiger charge is 2.02. The lowest BCUT2D eigenvalue weighted by atomic mass is 10.2. The van der Waals surface area contributed by atoms with Gasteiger partial charge in [-0.05, 0) is 24.6 Å². The summed E-state index contributed by atoms with van der Waals surface area (Å²) in [6.07, 6.45) is 4.74. The predicted octanol–water partition coefficient (Wildman–Crippen LogP) is 2.58. The number of hydrogen-bond acceptors (Lipinski definition) is 2. The maximum Gasteiger partial charge on any atom is 0.0952 e. The SMILES string of the molecule is CC(N)Cc1cn(Cc2cccc(Br)c2)cn1. The van der Waals surface area contributed by atoms with Crippen LogP contribution in [0.15, 0.2) is 41.3 Å². The molecule has 0 fully saturated rings. The Morgan fingerprint density at radius 3 is 3.00 bits per heavy atom. The first-order chi connectivity index (χ1) is 8.13. The van der Waals surface area contributed by atoms with Gasteiger partial charge in [-0.15, -0.1) is 0 Å². The molecular weight excluding hydrogens is 278 g/mol. The molecule has 2 rings (SSSR count). The number of hydrogen-bond donors (Lipinski definition) is 1. The summed E-state index contributed by atoms with van der Waals surface area (Å²) in [5.41, 5.74) is 8.06. The highest BCUT2D eigenvalue weighted by atomic mass is 79.9. The molecular formula is C13H16BrN3. The minimum absolute atomic E-state index is 0.157. The Morgan fingerprint density at radius 2 is 2.29 bits per heavy atom. The maximum absolute atomic E-state index is 5.75. The van der Waals surface area contributed by atoms with Crippen LogP contribution >= 0.6 is 15.9 Å². The van der Waals surface area contributed by atoms with Crippen LogP contribution in [0.2, 0.25) is 0 Å². The first-order valence-corrected chi connectivity index (χ1v) is 6.43. The summed E-state index contributed by atoms with van der Waals surface area (Å²) >= 11 is 3.47. The summed E-state index contributed by atoms with van der Waals surface area (Å²) in [5, 5.41) is 0. The van der Waals surface area contributed by atoms with Crippen LogP contribution in [0.25, 0.3) is 0 Å². The van der Waals surface area contributed by atoms with Crippen molar-refractivity contribution >= 4 is 15.9 Å². The van der Waals surface area contributed by atoms with Crippen LogP contribution in [-0.2, 0) is 13.0 Å². The molecule has 1 heterocycles. The average molecular weight is 294 g/mol. The lowest BCUT2D eigenvalue weighted by molar-refractivity contribution is 0.723. The predicted molar refractivity (Wildman–Crippen MR) is 72.8 cm³/mol. The molecule has 0 aliphatic heterocycles. The molecule has 0 aliphatic rings. The fourth-order valence-electron chi connectivity index (χ4n) is 1.77. The summed E-state index contributed by atoms with van der Waals surface area (Å²) in [5.74, 6) is 0. The Balaban J connectivity index is 2.06. The molecule has 4 heteroatoms. The van der Waals surface area contributed by atoms with E-state index in [-0.39, 0.29) is 6.04 Å². The molecule has 2 aromatic rings. The van der Waals surface area contributed by atoms with Gasteiger partial charge in [-0.1, -0.05) is 28.1 Å². The number of imidazole rings is 1. The van der Waals surface area contributed by atoms with E-state index in [2.05, 4.69) is 43.8 Å². The Kier molecular flexibility index (Phi) is 3.97. The molecule has 0 radical (unpaired) electrons. The molecule has 3 nitrogen and oxygen atoms in total. The minimum atomic E-state index is 0.157. The van der Waals surface area contributed by atoms with E-state index in [4.69, 9.17) is 5.73 Å². The summed E-state index contributed by atoms with van der Waals surface area (Å²) < 4.78 is 3.19. The van der Waals surface area contributed by atoms with Gasteiger partial charge >= 0.3 is 0 Å². The summed E-state index contributed by atoms with van der Waals surface area (Å²) in [7, 11) is 0. The van der Waals surface area contributed by atoms with Crippen molar-refractivity contribution in [2.75, 3.05) is 0 Å². The Labute approximate surface area is 110 Å². The lowest BCUT2D eigenvalue weighted by Gasteiger charge is -2.03. The number of benzene rings is 1. The normalized spacial score (nSPS) is 12.6. The summed E-state index contributed by atoms with van der Waals surface area (Å²) in [6, 6.07) is 8.45. The zero-order chi connectivity index (χ0) is 12.3. The van der Waals surface area contributed by atoms with Gasteiger partial charge in [-0.2, -0.15) is 0 Å². The molecule has 1 atom stereocenters. The van der Waals surface area contributed by atoms with Crippen molar-refractivity contribution in [3.63, 3.8) is 0 Å². The average Bonchev–Trinajstić information content (AvgIpc) is 2.64. The molecule has 0 aliphatic carbocycles. The third-order valence-electron chi connectivity index (χ3n) is 2.47. The van der Waals surface area contributed by atoms with E-state index in [1.165, 1.54) is 5.56 Å². The van der Waals surface area contributed by atoms with Gasteiger partial charge in [0.15, 0.2) is 0 Å². The van der Waals surface area contributed by atoms with Gasteiger partial charge in [-0.3, -0.25) is 0 Å². The van der Waals surface area contributed by atoms with Crippen molar-refractivity contribution in [3.05, 3.63) is 52.5 Å². The number of nitrogens with two attached hydrogens (primary N) is 1. The third kappa shape index (κ3) is 3.68. The molecule has 1 unspecified atom stereocenters. The Morgan fingerprint density at radius 1 is 1.47 bits per heavy atom. The van der Waals surface area contributed by atoms with E-state index in [9.17, 15) is 0 Å². The Bertz CT molecular complexity index is 491. The van der Waals surface area contributed by atoms with E-state index in [1.54, 1.807) is 0 Å². The van der Waals surface area contributed by atoms with E-state index in [1.807, 2.05) is 25.4 Å². The van der Waals surface area contributed by atoms with Crippen LogP contribution in [-0.4, -0.2) is 15.6 Å². The van der Waals surface area contributed by atoms with Gasteiger partial charge in [0, 0.05) is 29.7 Å². The topological polar surface area (TPSA) is 43.8 Å². The van der Waals surface area contributed by atoms with Gasteiger partial charge in [0.25, 0.3) is 0 Å². The first-order valence-electron chi connectivity index (χ1n) is 5.64. The van der Waals surface area contributed by atoms with Crippen LogP contribution in [0, 0.1) is 0 Å². The fraction of sp³-hybridized carbons (Fsp3) is 0.308. The van der Waals surface area contributed by atoms with Crippen molar-refractivity contribution in [2.24, 2.45) is 5.73 Å². The molecule has 0 bridgehead atoms. The zero-order valence-electron chi connectivity index (χ0n) is 9.81. The monoisotopic (exact) mass is 293 g/mol. The lowest BCUT2D eigenvalue weighted by Crippen LogP contribution is -2.17. The van der Waals surface area contributed by atoms with Gasteiger partial charge < -0.3 is 10.3 Å². The second-order valence-corrected chi connectivity index (χ2v) is 5.26. The quantitative estimate of drug-likeness (QED) is 0.942. The fourth-order valence-corrected chi connectivity index (χ4v) is 2.22. The zero-order valence-corrected chi connectivity index (χ0v) is 11.4. The largest absolute Gasteiger partial charge is 0.333 e. The number of halogens is 1. The van der Waals surface area contributed by atoms with Crippen molar-refractivity contribution in [1.82, 2.24) is 9.55 Å². The van der Waals surface area contributed by atoms with Crippen molar-refractivity contribution in [2.45, 2.75) is 25.9 Å². The van der Waals surface area contributed by atoms with Crippen LogP contribution in [0.1, 0.15) is 18.2 Å². The third-order valence-corrected chi connectivity index (χ3v) is 2.97. The van der Waals surface area contributed by atoms with Crippen LogP contribution < -0.4 is 5.73 Å². The van der Waals surface area contributed by atoms with E-state index in [0.29, 0.717) is 0 Å². The van der Waals surface area contributed by atoms with Gasteiger partial charge in [0.2, 0.25) is 0 Å². The molecule has 0 saturated heterocycles. The molecule has 0 saturated carbocycles. The number of aromatic nitrogens is 2. The highest BCUT2D eigenvalue weighted by molar-refractivity contribution is 9.10. The van der Waals surface area contributed by atoms with Crippen molar-refractivity contribution in [3.8, 4) is 0 Å². The molecule has 2 N–H and O–H groups in total. The van der Waals surface area contributed by atoms with Gasteiger partial charge in [0.1, 0.15) is 0 Å². The molecule has 1 aromatic heterocycles. The van der Waals surface area contributed by atoms with Crippen molar-refractivity contribution < 1.29 is 0 Å². The minimum Gasteiger partial charge on any atom is -0.333 e. The van der Waals surface area contributed by atoms with Crippen LogP contribution in [0.3, 0.4) is 0 Å². The van der Waals surface area contributed by atoms with Gasteiger partial charge in [0.05, 0.1) is 12.0 Å². The molecule has 0 amide bonds. The second kappa shape index (κ2) is 5.47. The summed E-state index contributed by atoms with van der Waals surface area (Å²) in [4.78, 5) is 4.35. The molecule has 17 heavy (non-hydrogen) atoms. The number of nitrogens with zero attached hydrogens (tertiary/aromatic N) is 2. The van der Waals surface area contributed by atoms with Crippen LogP contribution in [0.4, 0.5) is 0 Å². The van der Waals surface area contributed by atoms with Crippen LogP contribution in [0.5, 0.6) is 0 Å². The summed E-state index contributed by atoms with van der Waals surface area (Å²) in [6.45, 7) is 2.83. The van der Waals surface area contributed by atoms with E-state index < -0.39 is 0 Å². The van der Waals surface area contributed by atoms with E-state index >= 15 is 0 Å². The Hall–Kier alpha value is -1.13. The second-order valence-electron chi connectivity index (χ2n) is 4.35. The smallest absolute Gasteiger partial charge is 0.0952 e. The van der Waals surface area contributed by atoms with Gasteiger partial charge in [-0.25, -0.2) is 4.98 Å².